The van der Waals surface area contributed by atoms with Crippen LogP contribution in [-0.2, 0) is 18.3 Å². The van der Waals surface area contributed by atoms with Gasteiger partial charge in [-0.2, -0.15) is 0 Å². The van der Waals surface area contributed by atoms with Gasteiger partial charge in [0.05, 0.1) is 23.5 Å². The van der Waals surface area contributed by atoms with Crippen LogP contribution in [0.2, 0.25) is 0 Å². The van der Waals surface area contributed by atoms with Crippen molar-refractivity contribution in [2.45, 2.75) is 26.3 Å². The molecule has 0 aliphatic heterocycles. The van der Waals surface area contributed by atoms with Crippen molar-refractivity contribution in [2.75, 3.05) is 0 Å². The minimum absolute atomic E-state index is 0.00510. The van der Waals surface area contributed by atoms with Crippen LogP contribution in [0.5, 0.6) is 0 Å². The summed E-state index contributed by atoms with van der Waals surface area (Å²) in [6.45, 7) is 4.19. The lowest BCUT2D eigenvalue weighted by atomic mass is 10.0. The van der Waals surface area contributed by atoms with Gasteiger partial charge in [-0.05, 0) is 29.7 Å². The van der Waals surface area contributed by atoms with Gasteiger partial charge in [0.1, 0.15) is 5.82 Å². The molecule has 138 valence electrons. The lowest BCUT2D eigenvalue weighted by molar-refractivity contribution is -0.121. The van der Waals surface area contributed by atoms with Gasteiger partial charge in [-0.25, -0.2) is 4.98 Å². The van der Waals surface area contributed by atoms with Crippen molar-refractivity contribution < 1.29 is 4.79 Å². The Hall–Kier alpha value is -3.08. The number of carbonyl (C=O) groups is 1. The molecular formula is C22H24N4O. The number of hydrogen-bond acceptors (Lipinski definition) is 2. The Morgan fingerprint density at radius 1 is 1.15 bits per heavy atom. The Bertz CT molecular complexity index is 1070. The van der Waals surface area contributed by atoms with Crippen LogP contribution in [0.4, 0.5) is 0 Å². The molecule has 0 bridgehead atoms. The molecule has 0 fully saturated rings. The van der Waals surface area contributed by atoms with Crippen LogP contribution in [0.3, 0.4) is 0 Å². The molecule has 27 heavy (non-hydrogen) atoms. The minimum atomic E-state index is -0.153. The van der Waals surface area contributed by atoms with Crippen molar-refractivity contribution in [3.63, 3.8) is 0 Å². The molecule has 1 amide bonds. The zero-order chi connectivity index (χ0) is 19.0. The first-order chi connectivity index (χ1) is 13.0. The standard InChI is InChI=1S/C22H24N4O/c1-14(2)21(22-23-17-9-5-6-10-18(17)24-22)25-20(27)12-15-13-26(3)19-11-7-4-8-16(15)19/h4-11,13-14,21H,12H2,1-3H3,(H,23,24)(H,25,27)/t21-/m0/s1. The van der Waals surface area contributed by atoms with Gasteiger partial charge < -0.3 is 14.9 Å². The lowest BCUT2D eigenvalue weighted by Gasteiger charge is -2.20. The van der Waals surface area contributed by atoms with Crippen LogP contribution in [0.15, 0.2) is 54.7 Å². The molecule has 4 rings (SSSR count). The molecular weight excluding hydrogens is 336 g/mol. The zero-order valence-corrected chi connectivity index (χ0v) is 15.9. The predicted molar refractivity (Wildman–Crippen MR) is 108 cm³/mol. The van der Waals surface area contributed by atoms with E-state index in [0.29, 0.717) is 6.42 Å². The second kappa shape index (κ2) is 6.91. The molecule has 1 atom stereocenters. The van der Waals surface area contributed by atoms with Gasteiger partial charge in [-0.1, -0.05) is 44.2 Å². The summed E-state index contributed by atoms with van der Waals surface area (Å²) in [5.74, 6) is 1.03. The van der Waals surface area contributed by atoms with E-state index in [0.717, 1.165) is 33.3 Å². The number of amides is 1. The Labute approximate surface area is 158 Å². The summed E-state index contributed by atoms with van der Waals surface area (Å²) in [4.78, 5) is 20.8. The number of imidazole rings is 1. The van der Waals surface area contributed by atoms with Crippen LogP contribution in [0.1, 0.15) is 31.3 Å². The van der Waals surface area contributed by atoms with Crippen LogP contribution >= 0.6 is 0 Å². The summed E-state index contributed by atoms with van der Waals surface area (Å²) >= 11 is 0. The van der Waals surface area contributed by atoms with Gasteiger partial charge in [0, 0.05) is 24.1 Å². The molecule has 0 unspecified atom stereocenters. The molecule has 2 aromatic carbocycles. The Kier molecular flexibility index (Phi) is 4.44. The number of carbonyl (C=O) groups excluding carboxylic acids is 1. The van der Waals surface area contributed by atoms with E-state index in [-0.39, 0.29) is 17.9 Å². The summed E-state index contributed by atoms with van der Waals surface area (Å²) in [7, 11) is 2.01. The van der Waals surface area contributed by atoms with E-state index in [1.165, 1.54) is 0 Å². The second-order valence-electron chi connectivity index (χ2n) is 7.39. The predicted octanol–water partition coefficient (Wildman–Crippen LogP) is 4.11. The number of nitrogens with zero attached hydrogens (tertiary/aromatic N) is 2. The van der Waals surface area contributed by atoms with Crippen molar-refractivity contribution in [3.8, 4) is 0 Å². The van der Waals surface area contributed by atoms with Crippen molar-refractivity contribution in [1.29, 1.82) is 0 Å². The number of nitrogens with one attached hydrogen (secondary N) is 2. The minimum Gasteiger partial charge on any atom is -0.350 e. The van der Waals surface area contributed by atoms with Crippen molar-refractivity contribution in [1.82, 2.24) is 19.9 Å². The summed E-state index contributed by atoms with van der Waals surface area (Å²) in [6, 6.07) is 15.9. The highest BCUT2D eigenvalue weighted by Gasteiger charge is 2.22. The molecule has 4 aromatic rings. The number of aromatic amines is 1. The number of H-pyrrole nitrogens is 1. The topological polar surface area (TPSA) is 62.7 Å². The highest BCUT2D eigenvalue weighted by atomic mass is 16.1. The van der Waals surface area contributed by atoms with Crippen LogP contribution in [-0.4, -0.2) is 20.4 Å². The maximum Gasteiger partial charge on any atom is 0.225 e. The van der Waals surface area contributed by atoms with Gasteiger partial charge >= 0.3 is 0 Å². The average molecular weight is 360 g/mol. The van der Waals surface area contributed by atoms with E-state index in [1.807, 2.05) is 49.6 Å². The summed E-state index contributed by atoms with van der Waals surface area (Å²) in [5, 5.41) is 4.30. The highest BCUT2D eigenvalue weighted by molar-refractivity contribution is 5.89. The van der Waals surface area contributed by atoms with Gasteiger partial charge in [-0.15, -0.1) is 0 Å². The van der Waals surface area contributed by atoms with Crippen LogP contribution in [0, 0.1) is 5.92 Å². The van der Waals surface area contributed by atoms with Crippen molar-refractivity contribution in [3.05, 3.63) is 66.1 Å². The number of fused-ring (bicyclic) bond motifs is 2. The number of para-hydroxylation sites is 3. The summed E-state index contributed by atoms with van der Waals surface area (Å²) < 4.78 is 2.07. The molecule has 0 spiro atoms. The monoisotopic (exact) mass is 360 g/mol. The fourth-order valence-corrected chi connectivity index (χ4v) is 3.63. The maximum absolute atomic E-state index is 12.8. The second-order valence-corrected chi connectivity index (χ2v) is 7.39. The van der Waals surface area contributed by atoms with E-state index in [4.69, 9.17) is 0 Å². The molecule has 2 aromatic heterocycles. The third kappa shape index (κ3) is 3.33. The Morgan fingerprint density at radius 2 is 1.89 bits per heavy atom. The number of rotatable bonds is 5. The van der Waals surface area contributed by atoms with Gasteiger partial charge in [-0.3, -0.25) is 4.79 Å². The quantitative estimate of drug-likeness (QED) is 0.562. The van der Waals surface area contributed by atoms with E-state index in [1.54, 1.807) is 0 Å². The molecule has 0 aliphatic carbocycles. The molecule has 5 heteroatoms. The van der Waals surface area contributed by atoms with Crippen LogP contribution in [0.25, 0.3) is 21.9 Å². The van der Waals surface area contributed by atoms with E-state index in [9.17, 15) is 4.79 Å². The molecule has 5 nitrogen and oxygen atoms in total. The molecule has 0 aliphatic rings. The SMILES string of the molecule is CC(C)[C@H](NC(=O)Cc1cn(C)c2ccccc12)c1nc2ccccc2[nH]1. The first kappa shape index (κ1) is 17.3. The Balaban J connectivity index is 1.57. The third-order valence-corrected chi connectivity index (χ3v) is 5.02. The molecule has 2 heterocycles. The molecule has 0 radical (unpaired) electrons. The summed E-state index contributed by atoms with van der Waals surface area (Å²) in [6.07, 6.45) is 2.39. The largest absolute Gasteiger partial charge is 0.350 e. The number of hydrogen-bond donors (Lipinski definition) is 2. The first-order valence-corrected chi connectivity index (χ1v) is 9.30. The van der Waals surface area contributed by atoms with E-state index < -0.39 is 0 Å². The molecule has 0 saturated heterocycles. The average Bonchev–Trinajstić information content (AvgIpc) is 3.21. The van der Waals surface area contributed by atoms with Crippen LogP contribution < -0.4 is 5.32 Å². The maximum atomic E-state index is 12.8. The van der Waals surface area contributed by atoms with E-state index >= 15 is 0 Å². The zero-order valence-electron chi connectivity index (χ0n) is 15.9. The third-order valence-electron chi connectivity index (χ3n) is 5.02. The first-order valence-electron chi connectivity index (χ1n) is 9.30. The van der Waals surface area contributed by atoms with E-state index in [2.05, 4.69) is 45.8 Å². The molecule has 0 saturated carbocycles. The normalized spacial score (nSPS) is 12.7. The smallest absolute Gasteiger partial charge is 0.225 e. The lowest BCUT2D eigenvalue weighted by Crippen LogP contribution is -2.33. The number of aryl methyl sites for hydroxylation is 1. The fourth-order valence-electron chi connectivity index (χ4n) is 3.63. The molecule has 2 N–H and O–H groups in total. The number of benzene rings is 2. The highest BCUT2D eigenvalue weighted by Crippen LogP contribution is 2.24. The number of aromatic nitrogens is 3. The van der Waals surface area contributed by atoms with Crippen molar-refractivity contribution in [2.24, 2.45) is 13.0 Å². The fraction of sp³-hybridized carbons (Fsp3) is 0.273. The van der Waals surface area contributed by atoms with Gasteiger partial charge in [0.2, 0.25) is 5.91 Å². The van der Waals surface area contributed by atoms with Gasteiger partial charge in [0.15, 0.2) is 0 Å². The van der Waals surface area contributed by atoms with Crippen molar-refractivity contribution >= 4 is 27.8 Å². The van der Waals surface area contributed by atoms with Gasteiger partial charge in [0.25, 0.3) is 0 Å². The Morgan fingerprint density at radius 3 is 2.67 bits per heavy atom. The summed E-state index contributed by atoms with van der Waals surface area (Å²) in [5.41, 5.74) is 4.08.